The summed E-state index contributed by atoms with van der Waals surface area (Å²) in [5.41, 5.74) is 0.416. The highest BCUT2D eigenvalue weighted by molar-refractivity contribution is 5.94. The molecule has 0 bridgehead atoms. The van der Waals surface area contributed by atoms with Crippen LogP contribution in [0.5, 0.6) is 5.75 Å². The van der Waals surface area contributed by atoms with E-state index in [1.807, 2.05) is 0 Å². The second kappa shape index (κ2) is 5.14. The molecule has 0 spiro atoms. The van der Waals surface area contributed by atoms with E-state index in [1.54, 1.807) is 11.9 Å². The van der Waals surface area contributed by atoms with Gasteiger partial charge < -0.3 is 14.7 Å². The SMILES string of the molecule is CN(C(=O)c1cncc(O)c1)C1CCOCC1. The highest BCUT2D eigenvalue weighted by Gasteiger charge is 2.23. The van der Waals surface area contributed by atoms with E-state index in [0.29, 0.717) is 18.8 Å². The van der Waals surface area contributed by atoms with Crippen molar-refractivity contribution in [2.24, 2.45) is 0 Å². The van der Waals surface area contributed by atoms with Crippen molar-refractivity contribution in [1.29, 1.82) is 0 Å². The topological polar surface area (TPSA) is 62.7 Å². The third-order valence-corrected chi connectivity index (χ3v) is 3.03. The van der Waals surface area contributed by atoms with Crippen molar-refractivity contribution < 1.29 is 14.6 Å². The molecule has 1 fully saturated rings. The average molecular weight is 236 g/mol. The van der Waals surface area contributed by atoms with E-state index in [1.165, 1.54) is 18.5 Å². The van der Waals surface area contributed by atoms with Gasteiger partial charge in [0.1, 0.15) is 5.75 Å². The monoisotopic (exact) mass is 236 g/mol. The summed E-state index contributed by atoms with van der Waals surface area (Å²) in [4.78, 5) is 17.6. The Kier molecular flexibility index (Phi) is 3.58. The lowest BCUT2D eigenvalue weighted by Crippen LogP contribution is -2.40. The van der Waals surface area contributed by atoms with E-state index in [4.69, 9.17) is 4.74 Å². The molecule has 1 amide bonds. The van der Waals surface area contributed by atoms with E-state index in [2.05, 4.69) is 4.98 Å². The van der Waals surface area contributed by atoms with Crippen LogP contribution in [0.15, 0.2) is 18.5 Å². The van der Waals surface area contributed by atoms with Crippen LogP contribution < -0.4 is 0 Å². The number of amides is 1. The van der Waals surface area contributed by atoms with Crippen molar-refractivity contribution in [3.05, 3.63) is 24.0 Å². The average Bonchev–Trinajstić information content (AvgIpc) is 2.38. The van der Waals surface area contributed by atoms with Crippen molar-refractivity contribution in [2.75, 3.05) is 20.3 Å². The molecule has 0 radical (unpaired) electrons. The fourth-order valence-electron chi connectivity index (χ4n) is 1.99. The normalized spacial score (nSPS) is 16.8. The zero-order valence-electron chi connectivity index (χ0n) is 9.80. The molecule has 1 aliphatic heterocycles. The zero-order chi connectivity index (χ0) is 12.3. The van der Waals surface area contributed by atoms with Crippen LogP contribution in [-0.4, -0.2) is 47.2 Å². The van der Waals surface area contributed by atoms with E-state index in [-0.39, 0.29) is 17.7 Å². The van der Waals surface area contributed by atoms with Gasteiger partial charge in [0.2, 0.25) is 0 Å². The number of carbonyl (C=O) groups is 1. The number of ether oxygens (including phenoxy) is 1. The summed E-state index contributed by atoms with van der Waals surface area (Å²) < 4.78 is 5.26. The number of aromatic hydroxyl groups is 1. The van der Waals surface area contributed by atoms with Gasteiger partial charge in [-0.1, -0.05) is 0 Å². The van der Waals surface area contributed by atoms with E-state index >= 15 is 0 Å². The second-order valence-corrected chi connectivity index (χ2v) is 4.19. The van der Waals surface area contributed by atoms with E-state index in [9.17, 15) is 9.90 Å². The highest BCUT2D eigenvalue weighted by Crippen LogP contribution is 2.17. The van der Waals surface area contributed by atoms with Gasteiger partial charge in [0.25, 0.3) is 5.91 Å². The highest BCUT2D eigenvalue weighted by atomic mass is 16.5. The molecule has 0 aromatic carbocycles. The fraction of sp³-hybridized carbons (Fsp3) is 0.500. The van der Waals surface area contributed by atoms with Crippen LogP contribution in [0, 0.1) is 0 Å². The first kappa shape index (κ1) is 11.9. The zero-order valence-corrected chi connectivity index (χ0v) is 9.80. The molecule has 5 heteroatoms. The Bertz CT molecular complexity index is 402. The van der Waals surface area contributed by atoms with Crippen molar-refractivity contribution in [1.82, 2.24) is 9.88 Å². The van der Waals surface area contributed by atoms with Crippen LogP contribution in [0.1, 0.15) is 23.2 Å². The Morgan fingerprint density at radius 3 is 2.82 bits per heavy atom. The minimum atomic E-state index is -0.111. The van der Waals surface area contributed by atoms with Crippen LogP contribution >= 0.6 is 0 Å². The molecule has 1 N–H and O–H groups in total. The standard InChI is InChI=1S/C12H16N2O3/c1-14(10-2-4-17-5-3-10)12(16)9-6-11(15)8-13-7-9/h6-8,10,15H,2-5H2,1H3. The maximum Gasteiger partial charge on any atom is 0.255 e. The third kappa shape index (κ3) is 2.74. The van der Waals surface area contributed by atoms with Gasteiger partial charge in [-0.3, -0.25) is 9.78 Å². The lowest BCUT2D eigenvalue weighted by atomic mass is 10.1. The summed E-state index contributed by atoms with van der Waals surface area (Å²) in [5, 5.41) is 9.30. The van der Waals surface area contributed by atoms with E-state index < -0.39 is 0 Å². The lowest BCUT2D eigenvalue weighted by molar-refractivity contribution is 0.0361. The molecule has 2 heterocycles. The molecule has 2 rings (SSSR count). The van der Waals surface area contributed by atoms with Gasteiger partial charge in [-0.05, 0) is 18.9 Å². The van der Waals surface area contributed by atoms with Gasteiger partial charge >= 0.3 is 0 Å². The first-order valence-electron chi connectivity index (χ1n) is 5.67. The van der Waals surface area contributed by atoms with Crippen LogP contribution in [0.4, 0.5) is 0 Å². The summed E-state index contributed by atoms with van der Waals surface area (Å²) in [5.74, 6) is -0.100. The number of hydrogen-bond acceptors (Lipinski definition) is 4. The Balaban J connectivity index is 2.08. The summed E-state index contributed by atoms with van der Waals surface area (Å²) in [6, 6.07) is 1.64. The fourth-order valence-corrected chi connectivity index (χ4v) is 1.99. The Hall–Kier alpha value is -1.62. The molecule has 92 valence electrons. The number of pyridine rings is 1. The lowest BCUT2D eigenvalue weighted by Gasteiger charge is -2.31. The molecule has 1 aromatic rings. The molecule has 0 aliphatic carbocycles. The van der Waals surface area contributed by atoms with Gasteiger partial charge in [-0.15, -0.1) is 0 Å². The molecule has 1 saturated heterocycles. The molecular formula is C12H16N2O3. The Morgan fingerprint density at radius 1 is 1.47 bits per heavy atom. The smallest absolute Gasteiger partial charge is 0.255 e. The summed E-state index contributed by atoms with van der Waals surface area (Å²) in [7, 11) is 1.78. The van der Waals surface area contributed by atoms with Gasteiger partial charge in [0, 0.05) is 32.5 Å². The van der Waals surface area contributed by atoms with Crippen molar-refractivity contribution >= 4 is 5.91 Å². The molecule has 1 aliphatic rings. The van der Waals surface area contributed by atoms with Gasteiger partial charge in [-0.25, -0.2) is 0 Å². The first-order valence-corrected chi connectivity index (χ1v) is 5.67. The molecule has 0 saturated carbocycles. The second-order valence-electron chi connectivity index (χ2n) is 4.19. The maximum atomic E-state index is 12.1. The number of carbonyl (C=O) groups excluding carboxylic acids is 1. The van der Waals surface area contributed by atoms with E-state index in [0.717, 1.165) is 12.8 Å². The Labute approximate surface area is 100 Å². The van der Waals surface area contributed by atoms with Crippen molar-refractivity contribution in [3.63, 3.8) is 0 Å². The molecule has 5 nitrogen and oxygen atoms in total. The third-order valence-electron chi connectivity index (χ3n) is 3.03. The number of rotatable bonds is 2. The molecule has 0 atom stereocenters. The molecule has 0 unspecified atom stereocenters. The molecule has 1 aromatic heterocycles. The largest absolute Gasteiger partial charge is 0.506 e. The quantitative estimate of drug-likeness (QED) is 0.833. The molecule has 17 heavy (non-hydrogen) atoms. The number of aromatic nitrogens is 1. The van der Waals surface area contributed by atoms with Crippen molar-refractivity contribution in [3.8, 4) is 5.75 Å². The van der Waals surface area contributed by atoms with Gasteiger partial charge in [-0.2, -0.15) is 0 Å². The predicted molar refractivity (Wildman–Crippen MR) is 61.8 cm³/mol. The van der Waals surface area contributed by atoms with Crippen molar-refractivity contribution in [2.45, 2.75) is 18.9 Å². The van der Waals surface area contributed by atoms with Gasteiger partial charge in [0.15, 0.2) is 0 Å². The summed E-state index contributed by atoms with van der Waals surface area (Å²) in [6.07, 6.45) is 4.49. The van der Waals surface area contributed by atoms with Crippen LogP contribution in [0.25, 0.3) is 0 Å². The Morgan fingerprint density at radius 2 is 2.18 bits per heavy atom. The maximum absolute atomic E-state index is 12.1. The predicted octanol–water partition coefficient (Wildman–Crippen LogP) is 1.04. The minimum absolute atomic E-state index is 0.0104. The van der Waals surface area contributed by atoms with Crippen LogP contribution in [-0.2, 0) is 4.74 Å². The van der Waals surface area contributed by atoms with Gasteiger partial charge in [0.05, 0.1) is 11.8 Å². The minimum Gasteiger partial charge on any atom is -0.506 e. The summed E-state index contributed by atoms with van der Waals surface area (Å²) in [6.45, 7) is 1.39. The number of hydrogen-bond donors (Lipinski definition) is 1. The first-order chi connectivity index (χ1) is 8.18. The van der Waals surface area contributed by atoms with Crippen LogP contribution in [0.3, 0.4) is 0 Å². The molecular weight excluding hydrogens is 220 g/mol. The summed E-state index contributed by atoms with van der Waals surface area (Å²) >= 11 is 0. The number of nitrogens with zero attached hydrogens (tertiary/aromatic N) is 2. The van der Waals surface area contributed by atoms with Crippen LogP contribution in [0.2, 0.25) is 0 Å².